The Morgan fingerprint density at radius 2 is 1.96 bits per heavy atom. The summed E-state index contributed by atoms with van der Waals surface area (Å²) in [6.07, 6.45) is 3.16. The number of thioether (sulfide) groups is 1. The van der Waals surface area contributed by atoms with Crippen LogP contribution in [0.5, 0.6) is 0 Å². The van der Waals surface area contributed by atoms with Crippen molar-refractivity contribution in [3.8, 4) is 5.69 Å². The van der Waals surface area contributed by atoms with Crippen molar-refractivity contribution < 1.29 is 9.59 Å². The van der Waals surface area contributed by atoms with Crippen LogP contribution in [0.4, 0.5) is 4.79 Å². The smallest absolute Gasteiger partial charge is 0.321 e. The van der Waals surface area contributed by atoms with Gasteiger partial charge in [0.1, 0.15) is 0 Å². The van der Waals surface area contributed by atoms with Crippen molar-refractivity contribution in [3.63, 3.8) is 0 Å². The molecule has 3 aromatic rings. The Morgan fingerprint density at radius 1 is 1.18 bits per heavy atom. The van der Waals surface area contributed by atoms with Gasteiger partial charge in [0, 0.05) is 12.2 Å². The molecule has 3 amide bonds. The lowest BCUT2D eigenvalue weighted by atomic mass is 10.2. The fourth-order valence-electron chi connectivity index (χ4n) is 2.51. The molecule has 0 atom stereocenters. The summed E-state index contributed by atoms with van der Waals surface area (Å²) >= 11 is 1.07. The summed E-state index contributed by atoms with van der Waals surface area (Å²) in [5, 5.41) is 5.65. The van der Waals surface area contributed by atoms with Gasteiger partial charge in [-0.3, -0.25) is 24.5 Å². The first-order valence-electron chi connectivity index (χ1n) is 8.61. The Hall–Kier alpha value is -3.20. The minimum absolute atomic E-state index is 0.0729. The number of para-hydroxylation sites is 1. The number of hydrogen-bond donors (Lipinski definition) is 2. The van der Waals surface area contributed by atoms with E-state index in [1.807, 2.05) is 0 Å². The van der Waals surface area contributed by atoms with E-state index in [1.54, 1.807) is 62.6 Å². The molecule has 0 spiro atoms. The number of fused-ring (bicyclic) bond motifs is 1. The van der Waals surface area contributed by atoms with Crippen molar-refractivity contribution >= 4 is 34.6 Å². The van der Waals surface area contributed by atoms with Crippen molar-refractivity contribution in [2.45, 2.75) is 25.0 Å². The molecule has 0 bridgehead atoms. The molecule has 144 valence electrons. The predicted molar refractivity (Wildman–Crippen MR) is 108 cm³/mol. The molecule has 8 nitrogen and oxygen atoms in total. The normalized spacial score (nSPS) is 10.8. The van der Waals surface area contributed by atoms with Gasteiger partial charge in [-0.05, 0) is 38.1 Å². The Morgan fingerprint density at radius 3 is 2.68 bits per heavy atom. The molecule has 9 heteroatoms. The highest BCUT2D eigenvalue weighted by Gasteiger charge is 2.16. The number of hydrogen-bond acceptors (Lipinski definition) is 6. The van der Waals surface area contributed by atoms with Gasteiger partial charge in [-0.1, -0.05) is 23.9 Å². The van der Waals surface area contributed by atoms with E-state index in [0.717, 1.165) is 11.8 Å². The van der Waals surface area contributed by atoms with E-state index < -0.39 is 11.9 Å². The van der Waals surface area contributed by atoms with E-state index in [1.165, 1.54) is 4.57 Å². The van der Waals surface area contributed by atoms with E-state index >= 15 is 0 Å². The second kappa shape index (κ2) is 8.66. The number of nitrogens with zero attached hydrogens (tertiary/aromatic N) is 3. The zero-order valence-electron chi connectivity index (χ0n) is 15.4. The summed E-state index contributed by atoms with van der Waals surface area (Å²) < 4.78 is 1.42. The van der Waals surface area contributed by atoms with Gasteiger partial charge in [0.25, 0.3) is 5.56 Å². The standard InChI is InChI=1S/C19H19N5O3S/c1-12(2)21-18(27)23-16(25)11-28-19-22-15-8-4-3-7-14(15)17(26)24(19)13-6-5-9-20-10-13/h3-10,12H,11H2,1-2H3,(H2,21,23,25,27). The molecule has 3 rings (SSSR count). The van der Waals surface area contributed by atoms with E-state index in [0.29, 0.717) is 21.7 Å². The molecule has 0 saturated heterocycles. The van der Waals surface area contributed by atoms with E-state index in [-0.39, 0.29) is 17.4 Å². The first-order valence-corrected chi connectivity index (χ1v) is 9.59. The summed E-state index contributed by atoms with van der Waals surface area (Å²) in [6.45, 7) is 3.59. The molecule has 0 aliphatic carbocycles. The predicted octanol–water partition coefficient (Wildman–Crippen LogP) is 2.11. The molecule has 0 aliphatic rings. The van der Waals surface area contributed by atoms with Crippen molar-refractivity contribution in [1.82, 2.24) is 25.2 Å². The SMILES string of the molecule is CC(C)NC(=O)NC(=O)CSc1nc2ccccc2c(=O)n1-c1cccnc1. The second-order valence-electron chi connectivity index (χ2n) is 6.23. The highest BCUT2D eigenvalue weighted by molar-refractivity contribution is 7.99. The molecule has 2 heterocycles. The molecule has 0 unspecified atom stereocenters. The van der Waals surface area contributed by atoms with Crippen LogP contribution in [0.2, 0.25) is 0 Å². The Kier molecular flexibility index (Phi) is 6.05. The van der Waals surface area contributed by atoms with Gasteiger partial charge in [-0.2, -0.15) is 0 Å². The van der Waals surface area contributed by atoms with E-state index in [2.05, 4.69) is 20.6 Å². The summed E-state index contributed by atoms with van der Waals surface area (Å²) in [5.74, 6) is -0.556. The third kappa shape index (κ3) is 4.55. The van der Waals surface area contributed by atoms with Crippen LogP contribution in [0, 0.1) is 0 Å². The fraction of sp³-hybridized carbons (Fsp3) is 0.211. The Labute approximate surface area is 165 Å². The number of amides is 3. The van der Waals surface area contributed by atoms with Gasteiger partial charge in [-0.25, -0.2) is 9.78 Å². The monoisotopic (exact) mass is 397 g/mol. The molecule has 0 aliphatic heterocycles. The summed E-state index contributed by atoms with van der Waals surface area (Å²) in [5.41, 5.74) is 0.832. The van der Waals surface area contributed by atoms with Crippen LogP contribution >= 0.6 is 11.8 Å². The highest BCUT2D eigenvalue weighted by Crippen LogP contribution is 2.20. The highest BCUT2D eigenvalue weighted by atomic mass is 32.2. The number of imide groups is 1. The summed E-state index contributed by atoms with van der Waals surface area (Å²) in [4.78, 5) is 45.3. The average Bonchev–Trinajstić information content (AvgIpc) is 2.66. The van der Waals surface area contributed by atoms with Gasteiger partial charge in [0.05, 0.1) is 28.5 Å². The van der Waals surface area contributed by atoms with Crippen LogP contribution in [0.25, 0.3) is 16.6 Å². The molecule has 1 aromatic carbocycles. The maximum atomic E-state index is 13.0. The maximum Gasteiger partial charge on any atom is 0.321 e. The molecule has 0 fully saturated rings. The zero-order chi connectivity index (χ0) is 20.1. The van der Waals surface area contributed by atoms with Crippen LogP contribution in [0.1, 0.15) is 13.8 Å². The number of carbonyl (C=O) groups is 2. The molecule has 2 aromatic heterocycles. The lowest BCUT2D eigenvalue weighted by molar-refractivity contribution is -0.117. The fourth-order valence-corrected chi connectivity index (χ4v) is 3.33. The third-order valence-electron chi connectivity index (χ3n) is 3.65. The molecule has 0 radical (unpaired) electrons. The molecule has 28 heavy (non-hydrogen) atoms. The minimum Gasteiger partial charge on any atom is -0.336 e. The quantitative estimate of drug-likeness (QED) is 0.505. The van der Waals surface area contributed by atoms with Crippen LogP contribution in [0.15, 0.2) is 58.7 Å². The number of rotatable bonds is 5. The van der Waals surface area contributed by atoms with Gasteiger partial charge >= 0.3 is 6.03 Å². The number of benzene rings is 1. The van der Waals surface area contributed by atoms with Gasteiger partial charge < -0.3 is 5.32 Å². The maximum absolute atomic E-state index is 13.0. The zero-order valence-corrected chi connectivity index (χ0v) is 16.2. The van der Waals surface area contributed by atoms with E-state index in [9.17, 15) is 14.4 Å². The lowest BCUT2D eigenvalue weighted by Gasteiger charge is -2.13. The minimum atomic E-state index is -0.559. The third-order valence-corrected chi connectivity index (χ3v) is 4.59. The topological polar surface area (TPSA) is 106 Å². The average molecular weight is 397 g/mol. The van der Waals surface area contributed by atoms with Crippen LogP contribution < -0.4 is 16.2 Å². The number of aromatic nitrogens is 3. The number of urea groups is 1. The van der Waals surface area contributed by atoms with Crippen LogP contribution in [0.3, 0.4) is 0 Å². The van der Waals surface area contributed by atoms with Crippen molar-refractivity contribution in [1.29, 1.82) is 0 Å². The molecular weight excluding hydrogens is 378 g/mol. The van der Waals surface area contributed by atoms with Gasteiger partial charge in [0.15, 0.2) is 5.16 Å². The lowest BCUT2D eigenvalue weighted by Crippen LogP contribution is -2.43. The first kappa shape index (κ1) is 19.6. The number of carbonyl (C=O) groups excluding carboxylic acids is 2. The van der Waals surface area contributed by atoms with Crippen LogP contribution in [-0.2, 0) is 4.79 Å². The molecule has 2 N–H and O–H groups in total. The van der Waals surface area contributed by atoms with Crippen molar-refractivity contribution in [2.75, 3.05) is 5.75 Å². The Bertz CT molecular complexity index is 1070. The second-order valence-corrected chi connectivity index (χ2v) is 7.17. The number of pyridine rings is 1. The molecular formula is C19H19N5O3S. The van der Waals surface area contributed by atoms with Crippen LogP contribution in [-0.4, -0.2) is 38.3 Å². The van der Waals surface area contributed by atoms with Crippen molar-refractivity contribution in [2.24, 2.45) is 0 Å². The first-order chi connectivity index (χ1) is 13.5. The molecule has 0 saturated carbocycles. The summed E-state index contributed by atoms with van der Waals surface area (Å²) in [6, 6.07) is 9.82. The van der Waals surface area contributed by atoms with Gasteiger partial charge in [0.2, 0.25) is 5.91 Å². The van der Waals surface area contributed by atoms with Crippen molar-refractivity contribution in [3.05, 3.63) is 59.1 Å². The summed E-state index contributed by atoms with van der Waals surface area (Å²) in [7, 11) is 0. The Balaban J connectivity index is 1.91. The van der Waals surface area contributed by atoms with E-state index in [4.69, 9.17) is 0 Å². The largest absolute Gasteiger partial charge is 0.336 e. The number of nitrogens with one attached hydrogen (secondary N) is 2. The van der Waals surface area contributed by atoms with Gasteiger partial charge in [-0.15, -0.1) is 0 Å².